The van der Waals surface area contributed by atoms with Crippen molar-refractivity contribution in [2.45, 2.75) is 37.8 Å². The first-order chi connectivity index (χ1) is 13.5. The van der Waals surface area contributed by atoms with Gasteiger partial charge >= 0.3 is 0 Å². The van der Waals surface area contributed by atoms with Gasteiger partial charge in [-0.05, 0) is 49.6 Å². The van der Waals surface area contributed by atoms with Crippen LogP contribution in [0.1, 0.15) is 30.9 Å². The van der Waals surface area contributed by atoms with Crippen molar-refractivity contribution in [2.24, 2.45) is 0 Å². The Kier molecular flexibility index (Phi) is 8.61. The number of halogens is 5. The van der Waals surface area contributed by atoms with E-state index in [1.807, 2.05) is 6.07 Å². The molecule has 0 aliphatic carbocycles. The predicted octanol–water partition coefficient (Wildman–Crippen LogP) is 7.73. The first-order valence-corrected chi connectivity index (χ1v) is 11.5. The van der Waals surface area contributed by atoms with Crippen LogP contribution in [0.25, 0.3) is 0 Å². The number of rotatable bonds is 7. The van der Waals surface area contributed by atoms with Crippen LogP contribution in [0.2, 0.25) is 20.1 Å². The van der Waals surface area contributed by atoms with Crippen molar-refractivity contribution in [3.8, 4) is 5.75 Å². The lowest BCUT2D eigenvalue weighted by atomic mass is 10.1. The largest absolute Gasteiger partial charge is 0.489 e. The number of hydrogen-bond donors (Lipinski definition) is 0. The van der Waals surface area contributed by atoms with E-state index in [4.69, 9.17) is 60.6 Å². The van der Waals surface area contributed by atoms with E-state index in [2.05, 4.69) is 15.9 Å². The summed E-state index contributed by atoms with van der Waals surface area (Å²) >= 11 is 27.9. The van der Waals surface area contributed by atoms with Gasteiger partial charge in [-0.2, -0.15) is 0 Å². The predicted molar refractivity (Wildman–Crippen MR) is 119 cm³/mol. The van der Waals surface area contributed by atoms with Crippen LogP contribution in [0.5, 0.6) is 5.75 Å². The quantitative estimate of drug-likeness (QED) is 0.344. The lowest BCUT2D eigenvalue weighted by molar-refractivity contribution is -0.216. The molecule has 0 radical (unpaired) electrons. The highest BCUT2D eigenvalue weighted by Crippen LogP contribution is 2.33. The molecule has 1 aliphatic heterocycles. The van der Waals surface area contributed by atoms with Gasteiger partial charge in [-0.1, -0.05) is 68.4 Å². The summed E-state index contributed by atoms with van der Waals surface area (Å²) in [5.74, 6) is 0.587. The molecule has 1 heterocycles. The van der Waals surface area contributed by atoms with E-state index in [1.54, 1.807) is 30.3 Å². The second kappa shape index (κ2) is 10.7. The Bertz CT molecular complexity index is 805. The molecule has 2 aromatic carbocycles. The molecule has 2 aromatic rings. The van der Waals surface area contributed by atoms with Crippen LogP contribution in [-0.4, -0.2) is 24.3 Å². The molecule has 1 saturated heterocycles. The first kappa shape index (κ1) is 22.5. The first-order valence-electron chi connectivity index (χ1n) is 8.86. The third-order valence-corrected chi connectivity index (χ3v) is 6.08. The van der Waals surface area contributed by atoms with Gasteiger partial charge in [0.2, 0.25) is 0 Å². The Balaban J connectivity index is 1.57. The van der Waals surface area contributed by atoms with E-state index in [0.717, 1.165) is 24.8 Å². The van der Waals surface area contributed by atoms with Crippen LogP contribution in [0.4, 0.5) is 0 Å². The summed E-state index contributed by atoms with van der Waals surface area (Å²) in [5, 5.41) is 2.81. The van der Waals surface area contributed by atoms with Gasteiger partial charge in [-0.25, -0.2) is 0 Å². The van der Waals surface area contributed by atoms with Crippen LogP contribution < -0.4 is 4.74 Å². The molecule has 8 heteroatoms. The molecule has 3 atom stereocenters. The normalized spacial score (nSPS) is 20.8. The van der Waals surface area contributed by atoms with Gasteiger partial charge in [0.1, 0.15) is 12.4 Å². The van der Waals surface area contributed by atoms with E-state index in [1.165, 1.54) is 0 Å². The highest BCUT2D eigenvalue weighted by Gasteiger charge is 2.27. The zero-order valence-electron chi connectivity index (χ0n) is 14.8. The molecule has 3 unspecified atom stereocenters. The van der Waals surface area contributed by atoms with Crippen LogP contribution in [-0.2, 0) is 9.47 Å². The molecule has 28 heavy (non-hydrogen) atoms. The van der Waals surface area contributed by atoms with Crippen molar-refractivity contribution < 1.29 is 14.2 Å². The third-order valence-electron chi connectivity index (χ3n) is 4.39. The van der Waals surface area contributed by atoms with E-state index in [9.17, 15) is 0 Å². The van der Waals surface area contributed by atoms with Crippen molar-refractivity contribution in [1.82, 2.24) is 0 Å². The smallest absolute Gasteiger partial charge is 0.159 e. The maximum Gasteiger partial charge on any atom is 0.159 e. The van der Waals surface area contributed by atoms with E-state index < -0.39 is 0 Å². The molecule has 1 fully saturated rings. The maximum atomic E-state index is 6.32. The van der Waals surface area contributed by atoms with Crippen molar-refractivity contribution in [1.29, 1.82) is 0 Å². The van der Waals surface area contributed by atoms with Crippen molar-refractivity contribution >= 4 is 62.3 Å². The Morgan fingerprint density at radius 2 is 1.71 bits per heavy atom. The average molecular weight is 529 g/mol. The van der Waals surface area contributed by atoms with Crippen molar-refractivity contribution in [3.63, 3.8) is 0 Å². The van der Waals surface area contributed by atoms with Gasteiger partial charge in [0.15, 0.2) is 6.29 Å². The molecule has 152 valence electrons. The van der Waals surface area contributed by atoms with Gasteiger partial charge in [0.05, 0.1) is 17.2 Å². The van der Waals surface area contributed by atoms with Crippen molar-refractivity contribution in [2.75, 3.05) is 11.9 Å². The Morgan fingerprint density at radius 3 is 2.39 bits per heavy atom. The molecule has 0 amide bonds. The third kappa shape index (κ3) is 6.15. The van der Waals surface area contributed by atoms with Gasteiger partial charge in [0, 0.05) is 26.0 Å². The van der Waals surface area contributed by atoms with E-state index in [0.29, 0.717) is 37.8 Å². The maximum absolute atomic E-state index is 6.32. The molecular weight excluding hydrogens is 510 g/mol. The van der Waals surface area contributed by atoms with Crippen LogP contribution in [0.3, 0.4) is 0 Å². The minimum absolute atomic E-state index is 0.0813. The van der Waals surface area contributed by atoms with Gasteiger partial charge < -0.3 is 14.2 Å². The zero-order valence-corrected chi connectivity index (χ0v) is 19.5. The molecular formula is C20H19BrCl4O3. The highest BCUT2D eigenvalue weighted by molar-refractivity contribution is 9.09. The molecule has 3 rings (SSSR count). The standard InChI is InChI=1S/C20H19BrCl4O3/c21-10-19(15-6-4-12(22)8-16(15)24)28-20-3-1-2-14(27-20)11-26-18-7-5-13(23)9-17(18)25/h4-9,14,19-20H,1-3,10-11H2. The Morgan fingerprint density at radius 1 is 1.00 bits per heavy atom. The average Bonchev–Trinajstić information content (AvgIpc) is 2.66. The SMILES string of the molecule is Clc1ccc(OCC2CCCC(OC(CBr)c3ccc(Cl)cc3Cl)O2)c(Cl)c1. The topological polar surface area (TPSA) is 27.7 Å². The second-order valence-electron chi connectivity index (χ2n) is 6.45. The molecule has 3 nitrogen and oxygen atoms in total. The monoisotopic (exact) mass is 526 g/mol. The minimum atomic E-state index is -0.336. The summed E-state index contributed by atoms with van der Waals surface area (Å²) in [7, 11) is 0. The molecule has 0 saturated carbocycles. The lowest BCUT2D eigenvalue weighted by Crippen LogP contribution is -2.34. The fourth-order valence-corrected chi connectivity index (χ4v) is 4.49. The van der Waals surface area contributed by atoms with Gasteiger partial charge in [-0.15, -0.1) is 0 Å². The molecule has 0 spiro atoms. The van der Waals surface area contributed by atoms with E-state index >= 15 is 0 Å². The fraction of sp³-hybridized carbons (Fsp3) is 0.400. The number of benzene rings is 2. The van der Waals surface area contributed by atoms with Crippen LogP contribution in [0, 0.1) is 0 Å². The summed E-state index contributed by atoms with van der Waals surface area (Å²) in [4.78, 5) is 0. The van der Waals surface area contributed by atoms with Crippen LogP contribution >= 0.6 is 62.3 Å². The summed E-state index contributed by atoms with van der Waals surface area (Å²) in [6.07, 6.45) is 2.04. The number of hydrogen-bond acceptors (Lipinski definition) is 3. The van der Waals surface area contributed by atoms with Gasteiger partial charge in [-0.3, -0.25) is 0 Å². The molecule has 0 N–H and O–H groups in total. The lowest BCUT2D eigenvalue weighted by Gasteiger charge is -2.32. The summed E-state index contributed by atoms with van der Waals surface area (Å²) in [5.41, 5.74) is 0.873. The molecule has 0 bridgehead atoms. The Labute approximate surface area is 193 Å². The van der Waals surface area contributed by atoms with Crippen molar-refractivity contribution in [3.05, 3.63) is 62.1 Å². The summed E-state index contributed by atoms with van der Waals surface area (Å²) in [6.45, 7) is 0.391. The Hall–Kier alpha value is -0.200. The highest BCUT2D eigenvalue weighted by atomic mass is 79.9. The number of alkyl halides is 1. The van der Waals surface area contributed by atoms with Crippen LogP contribution in [0.15, 0.2) is 36.4 Å². The molecule has 0 aromatic heterocycles. The number of ether oxygens (including phenoxy) is 3. The minimum Gasteiger partial charge on any atom is -0.489 e. The fourth-order valence-electron chi connectivity index (χ4n) is 3.00. The molecule has 1 aliphatic rings. The summed E-state index contributed by atoms with van der Waals surface area (Å²) < 4.78 is 18.1. The second-order valence-corrected chi connectivity index (χ2v) is 8.78. The van der Waals surface area contributed by atoms with Gasteiger partial charge in [0.25, 0.3) is 0 Å². The zero-order chi connectivity index (χ0) is 20.1. The summed E-state index contributed by atoms with van der Waals surface area (Å²) in [6, 6.07) is 10.5. The van der Waals surface area contributed by atoms with E-state index in [-0.39, 0.29) is 18.5 Å².